The molecule has 1 fully saturated rings. The fourth-order valence-corrected chi connectivity index (χ4v) is 3.11. The number of hydrogen-bond acceptors (Lipinski definition) is 3. The van der Waals surface area contributed by atoms with Gasteiger partial charge in [-0.3, -0.25) is 9.59 Å². The van der Waals surface area contributed by atoms with E-state index in [0.717, 1.165) is 17.3 Å². The number of carboxylic acids is 1. The lowest BCUT2D eigenvalue weighted by Gasteiger charge is -2.33. The molecular formula is C15H19BrN2O3. The van der Waals surface area contributed by atoms with Gasteiger partial charge in [-0.05, 0) is 59.3 Å². The van der Waals surface area contributed by atoms with Gasteiger partial charge in [-0.25, -0.2) is 0 Å². The molecule has 0 radical (unpaired) electrons. The van der Waals surface area contributed by atoms with Crippen LogP contribution in [0.2, 0.25) is 0 Å². The van der Waals surface area contributed by atoms with Gasteiger partial charge in [0.1, 0.15) is 0 Å². The highest BCUT2D eigenvalue weighted by molar-refractivity contribution is 9.10. The zero-order chi connectivity index (χ0) is 15.4. The maximum absolute atomic E-state index is 12.6. The topological polar surface area (TPSA) is 83.6 Å². The van der Waals surface area contributed by atoms with Crippen LogP contribution < -0.4 is 5.73 Å². The molecule has 0 aromatic heterocycles. The van der Waals surface area contributed by atoms with Crippen molar-refractivity contribution in [3.63, 3.8) is 0 Å². The maximum Gasteiger partial charge on any atom is 0.303 e. The molecule has 0 aliphatic carbocycles. The first-order chi connectivity index (χ1) is 9.97. The van der Waals surface area contributed by atoms with E-state index in [1.165, 1.54) is 0 Å². The van der Waals surface area contributed by atoms with Crippen molar-refractivity contribution in [3.8, 4) is 0 Å². The van der Waals surface area contributed by atoms with Crippen molar-refractivity contribution in [1.82, 2.24) is 4.90 Å². The summed E-state index contributed by atoms with van der Waals surface area (Å²) in [6, 6.07) is 5.19. The number of aliphatic carboxylic acids is 1. The number of nitrogens with two attached hydrogens (primary N) is 1. The Balaban J connectivity index is 2.05. The number of rotatable bonds is 4. The molecule has 5 nitrogen and oxygen atoms in total. The SMILES string of the molecule is Nc1ccc(Br)c(C(=O)N2CCCC(CCC(=O)O)C2)c1. The first-order valence-electron chi connectivity index (χ1n) is 7.03. The van der Waals surface area contributed by atoms with Gasteiger partial charge in [-0.1, -0.05) is 0 Å². The lowest BCUT2D eigenvalue weighted by atomic mass is 9.93. The minimum absolute atomic E-state index is 0.0470. The summed E-state index contributed by atoms with van der Waals surface area (Å²) in [5, 5.41) is 8.76. The number of halogens is 1. The third-order valence-electron chi connectivity index (χ3n) is 3.79. The third-order valence-corrected chi connectivity index (χ3v) is 4.48. The number of hydrogen-bond donors (Lipinski definition) is 2. The van der Waals surface area contributed by atoms with E-state index in [0.29, 0.717) is 30.8 Å². The second-order valence-electron chi connectivity index (χ2n) is 5.43. The van der Waals surface area contributed by atoms with E-state index >= 15 is 0 Å². The Morgan fingerprint density at radius 2 is 2.19 bits per heavy atom. The smallest absolute Gasteiger partial charge is 0.303 e. The fourth-order valence-electron chi connectivity index (χ4n) is 2.69. The number of benzene rings is 1. The normalized spacial score (nSPS) is 18.5. The van der Waals surface area contributed by atoms with Crippen LogP contribution in [0.3, 0.4) is 0 Å². The molecule has 2 rings (SSSR count). The largest absolute Gasteiger partial charge is 0.481 e. The van der Waals surface area contributed by atoms with Gasteiger partial charge in [-0.15, -0.1) is 0 Å². The highest BCUT2D eigenvalue weighted by atomic mass is 79.9. The molecule has 1 saturated heterocycles. The first-order valence-corrected chi connectivity index (χ1v) is 7.82. The Bertz CT molecular complexity index is 548. The Labute approximate surface area is 132 Å². The van der Waals surface area contributed by atoms with Crippen molar-refractivity contribution >= 4 is 33.5 Å². The molecular weight excluding hydrogens is 336 g/mol. The van der Waals surface area contributed by atoms with Crippen molar-refractivity contribution in [1.29, 1.82) is 0 Å². The fraction of sp³-hybridized carbons (Fsp3) is 0.467. The first kappa shape index (κ1) is 15.8. The van der Waals surface area contributed by atoms with Gasteiger partial charge in [0, 0.05) is 29.7 Å². The summed E-state index contributed by atoms with van der Waals surface area (Å²) in [6.07, 6.45) is 2.68. The zero-order valence-corrected chi connectivity index (χ0v) is 13.3. The Hall–Kier alpha value is -1.56. The number of piperidine rings is 1. The highest BCUT2D eigenvalue weighted by Crippen LogP contribution is 2.26. The van der Waals surface area contributed by atoms with Crippen LogP contribution in [0.4, 0.5) is 5.69 Å². The van der Waals surface area contributed by atoms with Gasteiger partial charge in [0.25, 0.3) is 5.91 Å². The molecule has 0 bridgehead atoms. The van der Waals surface area contributed by atoms with Crippen molar-refractivity contribution < 1.29 is 14.7 Å². The number of carbonyl (C=O) groups excluding carboxylic acids is 1. The lowest BCUT2D eigenvalue weighted by molar-refractivity contribution is -0.137. The quantitative estimate of drug-likeness (QED) is 0.814. The van der Waals surface area contributed by atoms with Gasteiger partial charge in [0.15, 0.2) is 0 Å². The predicted molar refractivity (Wildman–Crippen MR) is 84.1 cm³/mol. The molecule has 1 aliphatic heterocycles. The van der Waals surface area contributed by atoms with Crippen LogP contribution in [0.5, 0.6) is 0 Å². The van der Waals surface area contributed by atoms with Crippen molar-refractivity contribution in [2.24, 2.45) is 5.92 Å². The molecule has 1 aromatic rings. The van der Waals surface area contributed by atoms with Crippen LogP contribution in [-0.4, -0.2) is 35.0 Å². The van der Waals surface area contributed by atoms with Crippen LogP contribution in [-0.2, 0) is 4.79 Å². The molecule has 1 unspecified atom stereocenters. The van der Waals surface area contributed by atoms with E-state index in [4.69, 9.17) is 10.8 Å². The summed E-state index contributed by atoms with van der Waals surface area (Å²) in [5.41, 5.74) is 6.87. The molecule has 1 aromatic carbocycles. The van der Waals surface area contributed by atoms with Gasteiger partial charge in [0.2, 0.25) is 0 Å². The van der Waals surface area contributed by atoms with Gasteiger partial charge >= 0.3 is 5.97 Å². The Kier molecular flexibility index (Phi) is 5.22. The van der Waals surface area contributed by atoms with Crippen LogP contribution in [0.15, 0.2) is 22.7 Å². The van der Waals surface area contributed by atoms with Crippen LogP contribution in [0, 0.1) is 5.92 Å². The van der Waals surface area contributed by atoms with Crippen molar-refractivity contribution in [2.75, 3.05) is 18.8 Å². The van der Waals surface area contributed by atoms with Crippen molar-refractivity contribution in [3.05, 3.63) is 28.2 Å². The minimum Gasteiger partial charge on any atom is -0.481 e. The summed E-state index contributed by atoms with van der Waals surface area (Å²) in [7, 11) is 0. The number of anilines is 1. The Morgan fingerprint density at radius 1 is 1.43 bits per heavy atom. The molecule has 1 atom stereocenters. The molecule has 1 amide bonds. The van der Waals surface area contributed by atoms with Crippen LogP contribution in [0.25, 0.3) is 0 Å². The summed E-state index contributed by atoms with van der Waals surface area (Å²) >= 11 is 3.38. The van der Waals surface area contributed by atoms with E-state index in [1.807, 2.05) is 0 Å². The van der Waals surface area contributed by atoms with E-state index in [2.05, 4.69) is 15.9 Å². The standard InChI is InChI=1S/C15H19BrN2O3/c16-13-5-4-11(17)8-12(13)15(21)18-7-1-2-10(9-18)3-6-14(19)20/h4-5,8,10H,1-3,6-7,9,17H2,(H,19,20). The molecule has 1 heterocycles. The number of likely N-dealkylation sites (tertiary alicyclic amines) is 1. The summed E-state index contributed by atoms with van der Waals surface area (Å²) < 4.78 is 0.731. The second-order valence-corrected chi connectivity index (χ2v) is 6.29. The van der Waals surface area contributed by atoms with E-state index < -0.39 is 5.97 Å². The Morgan fingerprint density at radius 3 is 2.90 bits per heavy atom. The number of carboxylic acid groups (broad SMARTS) is 1. The minimum atomic E-state index is -0.781. The maximum atomic E-state index is 12.6. The summed E-state index contributed by atoms with van der Waals surface area (Å²) in [4.78, 5) is 25.0. The second kappa shape index (κ2) is 6.93. The van der Waals surface area contributed by atoms with E-state index in [1.54, 1.807) is 23.1 Å². The number of nitrogens with zero attached hydrogens (tertiary/aromatic N) is 1. The van der Waals surface area contributed by atoms with Gasteiger partial charge in [0.05, 0.1) is 5.56 Å². The summed E-state index contributed by atoms with van der Waals surface area (Å²) in [6.45, 7) is 1.33. The van der Waals surface area contributed by atoms with Crippen molar-refractivity contribution in [2.45, 2.75) is 25.7 Å². The average molecular weight is 355 g/mol. The molecule has 3 N–H and O–H groups in total. The van der Waals surface area contributed by atoms with E-state index in [9.17, 15) is 9.59 Å². The highest BCUT2D eigenvalue weighted by Gasteiger charge is 2.25. The molecule has 0 spiro atoms. The number of amides is 1. The number of carbonyl (C=O) groups is 2. The molecule has 1 aliphatic rings. The van der Waals surface area contributed by atoms with E-state index in [-0.39, 0.29) is 18.2 Å². The summed E-state index contributed by atoms with van der Waals surface area (Å²) in [5.74, 6) is -0.565. The lowest BCUT2D eigenvalue weighted by Crippen LogP contribution is -2.40. The average Bonchev–Trinajstić information content (AvgIpc) is 2.47. The van der Waals surface area contributed by atoms with Crippen LogP contribution in [0.1, 0.15) is 36.0 Å². The monoisotopic (exact) mass is 354 g/mol. The van der Waals surface area contributed by atoms with Gasteiger partial charge in [-0.2, -0.15) is 0 Å². The van der Waals surface area contributed by atoms with Gasteiger partial charge < -0.3 is 15.7 Å². The molecule has 6 heteroatoms. The zero-order valence-electron chi connectivity index (χ0n) is 11.7. The molecule has 114 valence electrons. The number of nitrogen functional groups attached to an aromatic ring is 1. The van der Waals surface area contributed by atoms with Crippen LogP contribution >= 0.6 is 15.9 Å². The third kappa shape index (κ3) is 4.20. The molecule has 21 heavy (non-hydrogen) atoms. The predicted octanol–water partition coefficient (Wildman–Crippen LogP) is 2.75. The molecule has 0 saturated carbocycles.